The molecule has 0 aromatic heterocycles. The first-order chi connectivity index (χ1) is 8.09. The minimum atomic E-state index is -0.753. The zero-order valence-corrected chi connectivity index (χ0v) is 9.66. The monoisotopic (exact) mass is 230 g/mol. The number of carboxylic acid groups (broad SMARTS) is 1. The van der Waals surface area contributed by atoms with Gasteiger partial charge in [0.15, 0.2) is 0 Å². The van der Waals surface area contributed by atoms with Crippen LogP contribution in [-0.2, 0) is 4.79 Å². The molecule has 0 radical (unpaired) electrons. The van der Waals surface area contributed by atoms with E-state index in [-0.39, 0.29) is 0 Å². The minimum absolute atomic E-state index is 0.391. The van der Waals surface area contributed by atoms with Crippen molar-refractivity contribution in [3.63, 3.8) is 0 Å². The molecule has 2 N–H and O–H groups in total. The molecule has 1 saturated carbocycles. The van der Waals surface area contributed by atoms with E-state index in [0.29, 0.717) is 24.9 Å². The molecule has 1 aliphatic carbocycles. The average Bonchev–Trinajstić information content (AvgIpc) is 3.08. The van der Waals surface area contributed by atoms with Gasteiger partial charge in [0, 0.05) is 6.54 Å². The van der Waals surface area contributed by atoms with Crippen molar-refractivity contribution in [3.05, 3.63) is 29.3 Å². The minimum Gasteiger partial charge on any atom is -0.481 e. The van der Waals surface area contributed by atoms with Crippen LogP contribution in [0.4, 0.5) is 5.69 Å². The van der Waals surface area contributed by atoms with E-state index in [2.05, 4.69) is 11.4 Å². The van der Waals surface area contributed by atoms with Gasteiger partial charge in [-0.25, -0.2) is 0 Å². The van der Waals surface area contributed by atoms with Crippen LogP contribution < -0.4 is 5.32 Å². The topological polar surface area (TPSA) is 73.1 Å². The highest BCUT2D eigenvalue weighted by atomic mass is 16.4. The van der Waals surface area contributed by atoms with Gasteiger partial charge in [0.25, 0.3) is 0 Å². The van der Waals surface area contributed by atoms with Gasteiger partial charge in [-0.3, -0.25) is 4.79 Å². The molecule has 0 saturated heterocycles. The molecule has 1 fully saturated rings. The van der Waals surface area contributed by atoms with E-state index in [0.717, 1.165) is 11.3 Å². The lowest BCUT2D eigenvalue weighted by Crippen LogP contribution is -2.24. The average molecular weight is 230 g/mol. The summed E-state index contributed by atoms with van der Waals surface area (Å²) in [5.41, 5.74) is 1.66. The summed E-state index contributed by atoms with van der Waals surface area (Å²) in [6.45, 7) is 2.30. The van der Waals surface area contributed by atoms with E-state index in [4.69, 9.17) is 10.4 Å². The first-order valence-corrected chi connectivity index (χ1v) is 5.56. The number of nitriles is 1. The highest BCUT2D eigenvalue weighted by Crippen LogP contribution is 2.46. The summed E-state index contributed by atoms with van der Waals surface area (Å²) in [5, 5.41) is 21.2. The Bertz CT molecular complexity index is 499. The molecule has 0 spiro atoms. The lowest BCUT2D eigenvalue weighted by atomic mass is 10.1. The number of nitrogens with zero attached hydrogens (tertiary/aromatic N) is 1. The molecule has 0 amide bonds. The number of carbonyl (C=O) groups is 1. The summed E-state index contributed by atoms with van der Waals surface area (Å²) in [6, 6.07) is 7.57. The summed E-state index contributed by atoms with van der Waals surface area (Å²) in [7, 11) is 0. The Hall–Kier alpha value is -2.02. The highest BCUT2D eigenvalue weighted by molar-refractivity contribution is 5.79. The Balaban J connectivity index is 2.15. The molecule has 0 heterocycles. The van der Waals surface area contributed by atoms with Crippen LogP contribution >= 0.6 is 0 Å². The number of nitrogens with one attached hydrogen (secondary N) is 1. The normalized spacial score (nSPS) is 16.0. The number of aliphatic carboxylic acids is 1. The van der Waals surface area contributed by atoms with Crippen molar-refractivity contribution in [2.24, 2.45) is 5.41 Å². The van der Waals surface area contributed by atoms with E-state index < -0.39 is 11.4 Å². The Labute approximate surface area is 99.9 Å². The van der Waals surface area contributed by atoms with Gasteiger partial charge in [0.05, 0.1) is 16.7 Å². The SMILES string of the molecule is Cc1cccc(C#N)c1NCC1(C(=O)O)CC1. The molecule has 17 heavy (non-hydrogen) atoms. The second kappa shape index (κ2) is 4.10. The third-order valence-electron chi connectivity index (χ3n) is 3.30. The Morgan fingerprint density at radius 2 is 2.29 bits per heavy atom. The fourth-order valence-electron chi connectivity index (χ4n) is 1.87. The smallest absolute Gasteiger partial charge is 0.311 e. The predicted molar refractivity (Wildman–Crippen MR) is 63.7 cm³/mol. The molecule has 1 aromatic carbocycles. The van der Waals surface area contributed by atoms with Crippen molar-refractivity contribution in [1.82, 2.24) is 0 Å². The van der Waals surface area contributed by atoms with Crippen molar-refractivity contribution in [3.8, 4) is 6.07 Å². The molecule has 4 heteroatoms. The van der Waals surface area contributed by atoms with E-state index in [1.54, 1.807) is 6.07 Å². The Morgan fingerprint density at radius 3 is 2.82 bits per heavy atom. The third kappa shape index (κ3) is 2.09. The van der Waals surface area contributed by atoms with E-state index >= 15 is 0 Å². The first kappa shape index (κ1) is 11.5. The van der Waals surface area contributed by atoms with Crippen LogP contribution in [0, 0.1) is 23.7 Å². The fraction of sp³-hybridized carbons (Fsp3) is 0.385. The van der Waals surface area contributed by atoms with E-state index in [1.165, 1.54) is 0 Å². The fourth-order valence-corrected chi connectivity index (χ4v) is 1.87. The standard InChI is InChI=1S/C13H14N2O2/c1-9-3-2-4-10(7-14)11(9)15-8-13(5-6-13)12(16)17/h2-4,15H,5-6,8H2,1H3,(H,16,17). The van der Waals surface area contributed by atoms with Crippen LogP contribution in [0.2, 0.25) is 0 Å². The summed E-state index contributed by atoms with van der Waals surface area (Å²) < 4.78 is 0. The maximum atomic E-state index is 11.0. The maximum Gasteiger partial charge on any atom is 0.311 e. The van der Waals surface area contributed by atoms with Crippen molar-refractivity contribution >= 4 is 11.7 Å². The van der Waals surface area contributed by atoms with Gasteiger partial charge < -0.3 is 10.4 Å². The van der Waals surface area contributed by atoms with Crippen molar-refractivity contribution in [1.29, 1.82) is 5.26 Å². The second-order valence-electron chi connectivity index (χ2n) is 4.55. The molecular formula is C13H14N2O2. The molecule has 0 atom stereocenters. The highest BCUT2D eigenvalue weighted by Gasteiger charge is 2.50. The second-order valence-corrected chi connectivity index (χ2v) is 4.55. The van der Waals surface area contributed by atoms with Crippen molar-refractivity contribution < 1.29 is 9.90 Å². The Kier molecular flexibility index (Phi) is 2.76. The zero-order chi connectivity index (χ0) is 12.5. The van der Waals surface area contributed by atoms with Crippen LogP contribution in [0.25, 0.3) is 0 Å². The largest absolute Gasteiger partial charge is 0.481 e. The van der Waals surface area contributed by atoms with E-state index in [1.807, 2.05) is 19.1 Å². The number of hydrogen-bond donors (Lipinski definition) is 2. The van der Waals surface area contributed by atoms with Gasteiger partial charge in [0.2, 0.25) is 0 Å². The van der Waals surface area contributed by atoms with Crippen LogP contribution in [-0.4, -0.2) is 17.6 Å². The molecule has 2 rings (SSSR count). The molecule has 0 unspecified atom stereocenters. The number of hydrogen-bond acceptors (Lipinski definition) is 3. The molecular weight excluding hydrogens is 216 g/mol. The summed E-state index contributed by atoms with van der Waals surface area (Å²) >= 11 is 0. The van der Waals surface area contributed by atoms with Crippen LogP contribution in [0.1, 0.15) is 24.0 Å². The molecule has 0 aliphatic heterocycles. The predicted octanol–water partition coefficient (Wildman–Crippen LogP) is 2.14. The molecule has 0 bridgehead atoms. The third-order valence-corrected chi connectivity index (χ3v) is 3.30. The number of rotatable bonds is 4. The molecule has 1 aromatic rings. The molecule has 4 nitrogen and oxygen atoms in total. The van der Waals surface area contributed by atoms with Crippen LogP contribution in [0.15, 0.2) is 18.2 Å². The van der Waals surface area contributed by atoms with Gasteiger partial charge in [-0.1, -0.05) is 12.1 Å². The Morgan fingerprint density at radius 1 is 1.59 bits per heavy atom. The zero-order valence-electron chi connectivity index (χ0n) is 9.66. The van der Waals surface area contributed by atoms with Gasteiger partial charge in [-0.2, -0.15) is 5.26 Å². The number of benzene rings is 1. The molecule has 1 aliphatic rings. The van der Waals surface area contributed by atoms with Crippen molar-refractivity contribution in [2.75, 3.05) is 11.9 Å². The van der Waals surface area contributed by atoms with Gasteiger partial charge >= 0.3 is 5.97 Å². The lowest BCUT2D eigenvalue weighted by Gasteiger charge is -2.15. The van der Waals surface area contributed by atoms with Gasteiger partial charge in [0.1, 0.15) is 6.07 Å². The van der Waals surface area contributed by atoms with Crippen LogP contribution in [0.5, 0.6) is 0 Å². The number of para-hydroxylation sites is 1. The van der Waals surface area contributed by atoms with Gasteiger partial charge in [-0.15, -0.1) is 0 Å². The summed E-state index contributed by atoms with van der Waals surface area (Å²) in [6.07, 6.45) is 1.42. The number of carboxylic acids is 1. The first-order valence-electron chi connectivity index (χ1n) is 5.56. The number of anilines is 1. The van der Waals surface area contributed by atoms with E-state index in [9.17, 15) is 4.79 Å². The maximum absolute atomic E-state index is 11.0. The summed E-state index contributed by atoms with van der Waals surface area (Å²) in [4.78, 5) is 11.0. The summed E-state index contributed by atoms with van der Waals surface area (Å²) in [5.74, 6) is -0.753. The molecule has 88 valence electrons. The lowest BCUT2D eigenvalue weighted by molar-refractivity contribution is -0.142. The van der Waals surface area contributed by atoms with Gasteiger partial charge in [-0.05, 0) is 31.4 Å². The number of aryl methyl sites for hydroxylation is 1. The van der Waals surface area contributed by atoms with Crippen LogP contribution in [0.3, 0.4) is 0 Å². The quantitative estimate of drug-likeness (QED) is 0.831. The van der Waals surface area contributed by atoms with Crippen molar-refractivity contribution in [2.45, 2.75) is 19.8 Å².